The van der Waals surface area contributed by atoms with Gasteiger partial charge in [0.25, 0.3) is 11.8 Å². The second-order valence-electron chi connectivity index (χ2n) is 6.61. The molecule has 2 amide bonds. The summed E-state index contributed by atoms with van der Waals surface area (Å²) in [5.41, 5.74) is 0.0677. The zero-order chi connectivity index (χ0) is 22.7. The van der Waals surface area contributed by atoms with Gasteiger partial charge < -0.3 is 34.9 Å². The number of aryl methyl sites for hydroxylation is 2. The minimum Gasteiger partial charge on any atom is -0.545 e. The van der Waals surface area contributed by atoms with Crippen LogP contribution in [0.1, 0.15) is 53.0 Å². The Balaban J connectivity index is 1.90. The lowest BCUT2D eigenvalue weighted by molar-refractivity contribution is -0.256. The van der Waals surface area contributed by atoms with E-state index in [1.807, 2.05) is 0 Å². The van der Waals surface area contributed by atoms with Gasteiger partial charge in [-0.2, -0.15) is 0 Å². The number of benzene rings is 2. The topological polar surface area (TPSA) is 152 Å². The number of carbonyl (C=O) groups is 4. The molecule has 0 bridgehead atoms. The SMILES string of the molecule is Cc1oc(C)c(C(=O)Nc2cccc(C(=O)[O-])c2)c1C(=O)Nc1cccc(C(=O)[O-])c1. The third-order valence-electron chi connectivity index (χ3n) is 4.43. The van der Waals surface area contributed by atoms with Gasteiger partial charge in [-0.3, -0.25) is 9.59 Å². The number of hydrogen-bond acceptors (Lipinski definition) is 7. The molecule has 9 heteroatoms. The second kappa shape index (κ2) is 8.54. The Kier molecular flexibility index (Phi) is 5.87. The number of carboxylic acid groups (broad SMARTS) is 2. The Morgan fingerprint density at radius 3 is 1.45 bits per heavy atom. The fourth-order valence-corrected chi connectivity index (χ4v) is 3.07. The van der Waals surface area contributed by atoms with Gasteiger partial charge in [0.15, 0.2) is 0 Å². The zero-order valence-corrected chi connectivity index (χ0v) is 16.5. The van der Waals surface area contributed by atoms with E-state index in [4.69, 9.17) is 4.42 Å². The fraction of sp³-hybridized carbons (Fsp3) is 0.0909. The lowest BCUT2D eigenvalue weighted by atomic mass is 10.1. The summed E-state index contributed by atoms with van der Waals surface area (Å²) in [5.74, 6) is -3.80. The van der Waals surface area contributed by atoms with Gasteiger partial charge in [0.1, 0.15) is 11.5 Å². The molecule has 0 aliphatic carbocycles. The molecule has 0 aliphatic rings. The number of aromatic carboxylic acids is 2. The van der Waals surface area contributed by atoms with Crippen LogP contribution in [0.15, 0.2) is 52.9 Å². The van der Waals surface area contributed by atoms with Crippen LogP contribution in [0.2, 0.25) is 0 Å². The fourth-order valence-electron chi connectivity index (χ4n) is 3.07. The van der Waals surface area contributed by atoms with Crippen LogP contribution in [-0.2, 0) is 0 Å². The maximum absolute atomic E-state index is 12.9. The lowest BCUT2D eigenvalue weighted by Gasteiger charge is -2.10. The van der Waals surface area contributed by atoms with Crippen LogP contribution in [0.3, 0.4) is 0 Å². The number of nitrogens with one attached hydrogen (secondary N) is 2. The molecule has 1 heterocycles. The molecular formula is C22H16N2O7-2. The molecule has 0 saturated heterocycles. The van der Waals surface area contributed by atoms with Gasteiger partial charge in [-0.05, 0) is 49.2 Å². The van der Waals surface area contributed by atoms with Crippen LogP contribution in [0.5, 0.6) is 0 Å². The number of hydrogen-bond donors (Lipinski definition) is 2. The monoisotopic (exact) mass is 420 g/mol. The minimum absolute atomic E-state index is 0.0371. The number of amides is 2. The molecular weight excluding hydrogens is 404 g/mol. The summed E-state index contributed by atoms with van der Waals surface area (Å²) in [6.07, 6.45) is 0. The Labute approximate surface area is 176 Å². The van der Waals surface area contributed by atoms with Gasteiger partial charge in [0.2, 0.25) is 0 Å². The summed E-state index contributed by atoms with van der Waals surface area (Å²) in [7, 11) is 0. The van der Waals surface area contributed by atoms with Crippen LogP contribution in [0.4, 0.5) is 11.4 Å². The quantitative estimate of drug-likeness (QED) is 0.606. The third kappa shape index (κ3) is 4.61. The Hall–Kier alpha value is -4.40. The minimum atomic E-state index is -1.40. The van der Waals surface area contributed by atoms with Crippen molar-refractivity contribution in [2.45, 2.75) is 13.8 Å². The van der Waals surface area contributed by atoms with Crippen molar-refractivity contribution in [2.24, 2.45) is 0 Å². The number of rotatable bonds is 6. The second-order valence-corrected chi connectivity index (χ2v) is 6.61. The van der Waals surface area contributed by atoms with Crippen LogP contribution in [0.25, 0.3) is 0 Å². The van der Waals surface area contributed by atoms with Gasteiger partial charge in [0.05, 0.1) is 23.1 Å². The maximum atomic E-state index is 12.9. The van der Waals surface area contributed by atoms with Crippen molar-refractivity contribution in [1.82, 2.24) is 0 Å². The van der Waals surface area contributed by atoms with E-state index in [9.17, 15) is 29.4 Å². The Morgan fingerprint density at radius 1 is 0.710 bits per heavy atom. The van der Waals surface area contributed by atoms with E-state index in [0.717, 1.165) is 0 Å². The molecule has 9 nitrogen and oxygen atoms in total. The molecule has 3 rings (SSSR count). The highest BCUT2D eigenvalue weighted by Crippen LogP contribution is 2.25. The first-order valence-electron chi connectivity index (χ1n) is 9.03. The summed E-state index contributed by atoms with van der Waals surface area (Å²) in [5, 5.41) is 27.1. The summed E-state index contributed by atoms with van der Waals surface area (Å²) in [6, 6.07) is 10.9. The third-order valence-corrected chi connectivity index (χ3v) is 4.43. The maximum Gasteiger partial charge on any atom is 0.260 e. The largest absolute Gasteiger partial charge is 0.545 e. The molecule has 0 saturated carbocycles. The first kappa shape index (κ1) is 21.3. The van der Waals surface area contributed by atoms with E-state index in [1.165, 1.54) is 62.4 Å². The highest BCUT2D eigenvalue weighted by molar-refractivity contribution is 6.16. The van der Waals surface area contributed by atoms with E-state index in [-0.39, 0.29) is 45.1 Å². The predicted octanol–water partition coefficient (Wildman–Crippen LogP) is 1.13. The summed E-state index contributed by atoms with van der Waals surface area (Å²) in [6.45, 7) is 3.01. The van der Waals surface area contributed by atoms with E-state index in [1.54, 1.807) is 0 Å². The average Bonchev–Trinajstić information content (AvgIpc) is 3.02. The smallest absolute Gasteiger partial charge is 0.260 e. The molecule has 0 radical (unpaired) electrons. The molecule has 0 atom stereocenters. The van der Waals surface area contributed by atoms with Crippen molar-refractivity contribution < 1.29 is 33.8 Å². The lowest BCUT2D eigenvalue weighted by Crippen LogP contribution is -2.23. The van der Waals surface area contributed by atoms with Crippen LogP contribution < -0.4 is 20.8 Å². The Morgan fingerprint density at radius 2 is 1.10 bits per heavy atom. The molecule has 3 aromatic rings. The van der Waals surface area contributed by atoms with Gasteiger partial charge in [-0.25, -0.2) is 0 Å². The summed E-state index contributed by atoms with van der Waals surface area (Å²) >= 11 is 0. The molecule has 1 aromatic heterocycles. The Bertz CT molecular complexity index is 1120. The van der Waals surface area contributed by atoms with E-state index >= 15 is 0 Å². The normalized spacial score (nSPS) is 10.4. The van der Waals surface area contributed by atoms with Gasteiger partial charge in [-0.15, -0.1) is 0 Å². The molecule has 31 heavy (non-hydrogen) atoms. The number of anilines is 2. The first-order valence-corrected chi connectivity index (χ1v) is 9.03. The van der Waals surface area contributed by atoms with Crippen molar-refractivity contribution >= 4 is 35.1 Å². The summed E-state index contributed by atoms with van der Waals surface area (Å²) < 4.78 is 5.46. The van der Waals surface area contributed by atoms with Crippen LogP contribution in [-0.4, -0.2) is 23.8 Å². The van der Waals surface area contributed by atoms with E-state index < -0.39 is 23.8 Å². The van der Waals surface area contributed by atoms with Crippen LogP contribution >= 0.6 is 0 Å². The van der Waals surface area contributed by atoms with Gasteiger partial charge in [-0.1, -0.05) is 24.3 Å². The highest BCUT2D eigenvalue weighted by atomic mass is 16.4. The standard InChI is InChI=1S/C22H18N2O7/c1-11-17(19(25)23-15-7-3-5-13(9-15)21(27)28)18(12(2)31-11)20(26)24-16-8-4-6-14(10-16)22(29)30/h3-10H,1-2H3,(H,23,25)(H,24,26)(H,27,28)(H,29,30)/p-2. The molecule has 2 aromatic carbocycles. The average molecular weight is 420 g/mol. The van der Waals surface area contributed by atoms with Gasteiger partial charge >= 0.3 is 0 Å². The van der Waals surface area contributed by atoms with Crippen molar-refractivity contribution in [3.05, 3.63) is 82.3 Å². The molecule has 158 valence electrons. The van der Waals surface area contributed by atoms with Crippen molar-refractivity contribution in [2.75, 3.05) is 10.6 Å². The predicted molar refractivity (Wildman–Crippen MR) is 106 cm³/mol. The first-order chi connectivity index (χ1) is 14.7. The van der Waals surface area contributed by atoms with Gasteiger partial charge in [0, 0.05) is 11.4 Å². The number of carbonyl (C=O) groups excluding carboxylic acids is 4. The molecule has 0 spiro atoms. The van der Waals surface area contributed by atoms with Crippen LogP contribution in [0, 0.1) is 13.8 Å². The number of carboxylic acids is 2. The van der Waals surface area contributed by atoms with E-state index in [2.05, 4.69) is 10.6 Å². The molecule has 0 fully saturated rings. The molecule has 2 N–H and O–H groups in total. The number of furan rings is 1. The van der Waals surface area contributed by atoms with Crippen molar-refractivity contribution in [3.8, 4) is 0 Å². The van der Waals surface area contributed by atoms with Crippen molar-refractivity contribution in [3.63, 3.8) is 0 Å². The summed E-state index contributed by atoms with van der Waals surface area (Å²) in [4.78, 5) is 47.7. The zero-order valence-electron chi connectivity index (χ0n) is 16.5. The highest BCUT2D eigenvalue weighted by Gasteiger charge is 2.27. The van der Waals surface area contributed by atoms with E-state index in [0.29, 0.717) is 0 Å². The van der Waals surface area contributed by atoms with Crippen molar-refractivity contribution in [1.29, 1.82) is 0 Å². The molecule has 0 aliphatic heterocycles. The molecule has 0 unspecified atom stereocenters.